The predicted octanol–water partition coefficient (Wildman–Crippen LogP) is 5.13. The van der Waals surface area contributed by atoms with Gasteiger partial charge in [0.1, 0.15) is 11.8 Å². The number of aromatic nitrogens is 1. The third kappa shape index (κ3) is 2.18. The first-order chi connectivity index (χ1) is 13.2. The van der Waals surface area contributed by atoms with E-state index in [-0.39, 0.29) is 5.92 Å². The molecule has 27 heavy (non-hydrogen) atoms. The van der Waals surface area contributed by atoms with Crippen LogP contribution < -0.4 is 5.32 Å². The molecule has 5 rings (SSSR count). The number of aryl methyl sites for hydroxylation is 1. The Morgan fingerprint density at radius 2 is 1.74 bits per heavy atom. The average molecular weight is 352 g/mol. The van der Waals surface area contributed by atoms with Gasteiger partial charge in [0.25, 0.3) is 0 Å². The molecular weight excluding hydrogens is 332 g/mol. The molecule has 0 spiro atoms. The monoisotopic (exact) mass is 352 g/mol. The highest BCUT2D eigenvalue weighted by atomic mass is 16.1. The number of rotatable bonds is 3. The van der Waals surface area contributed by atoms with Crippen LogP contribution in [0.4, 0.5) is 5.69 Å². The fraction of sp³-hybridized carbons (Fsp3) is 0.125. The maximum absolute atomic E-state index is 12.4. The van der Waals surface area contributed by atoms with E-state index in [1.807, 2.05) is 42.6 Å². The molecule has 0 saturated carbocycles. The summed E-state index contributed by atoms with van der Waals surface area (Å²) in [6, 6.07) is 24.8. The second-order valence-corrected chi connectivity index (χ2v) is 7.25. The van der Waals surface area contributed by atoms with E-state index in [1.54, 1.807) is 0 Å². The zero-order valence-corrected chi connectivity index (χ0v) is 15.1. The number of para-hydroxylation sites is 1. The van der Waals surface area contributed by atoms with Gasteiger partial charge in [-0.2, -0.15) is 0 Å². The molecule has 1 aliphatic heterocycles. The molecule has 132 valence electrons. The number of hydrogen-bond acceptors (Lipinski definition) is 2. The second kappa shape index (κ2) is 5.85. The molecule has 0 radical (unpaired) electrons. The number of anilines is 1. The molecule has 1 aromatic heterocycles. The van der Waals surface area contributed by atoms with Crippen LogP contribution in [0.2, 0.25) is 0 Å². The van der Waals surface area contributed by atoms with Gasteiger partial charge in [-0.25, -0.2) is 0 Å². The Balaban J connectivity index is 1.85. The first-order valence-electron chi connectivity index (χ1n) is 9.20. The third-order valence-corrected chi connectivity index (χ3v) is 5.72. The maximum atomic E-state index is 12.4. The van der Waals surface area contributed by atoms with E-state index in [4.69, 9.17) is 0 Å². The van der Waals surface area contributed by atoms with E-state index in [9.17, 15) is 4.79 Å². The van der Waals surface area contributed by atoms with E-state index in [0.717, 1.165) is 39.6 Å². The maximum Gasteiger partial charge on any atom is 0.130 e. The van der Waals surface area contributed by atoms with Gasteiger partial charge < -0.3 is 15.1 Å². The van der Waals surface area contributed by atoms with Crippen molar-refractivity contribution in [3.63, 3.8) is 0 Å². The average Bonchev–Trinajstić information content (AvgIpc) is 3.27. The molecule has 0 fully saturated rings. The Morgan fingerprint density at radius 1 is 0.963 bits per heavy atom. The van der Waals surface area contributed by atoms with Crippen molar-refractivity contribution in [3.8, 4) is 0 Å². The molecule has 0 amide bonds. The molecule has 3 heteroatoms. The highest BCUT2D eigenvalue weighted by Crippen LogP contribution is 2.52. The number of aldehydes is 1. The summed E-state index contributed by atoms with van der Waals surface area (Å²) in [6.45, 7) is 2.09. The molecule has 3 nitrogen and oxygen atoms in total. The molecule has 2 unspecified atom stereocenters. The molecule has 2 heterocycles. The quantitative estimate of drug-likeness (QED) is 0.502. The van der Waals surface area contributed by atoms with Crippen LogP contribution >= 0.6 is 0 Å². The summed E-state index contributed by atoms with van der Waals surface area (Å²) in [5.74, 6) is -0.309. The van der Waals surface area contributed by atoms with E-state index < -0.39 is 5.54 Å². The lowest BCUT2D eigenvalue weighted by Crippen LogP contribution is -2.38. The molecule has 2 N–H and O–H groups in total. The molecule has 2 atom stereocenters. The Kier molecular flexibility index (Phi) is 3.44. The van der Waals surface area contributed by atoms with Gasteiger partial charge in [-0.05, 0) is 35.7 Å². The van der Waals surface area contributed by atoms with Crippen LogP contribution in [0.15, 0.2) is 79.0 Å². The predicted molar refractivity (Wildman–Crippen MR) is 109 cm³/mol. The van der Waals surface area contributed by atoms with Crippen LogP contribution in [0, 0.1) is 6.92 Å². The summed E-state index contributed by atoms with van der Waals surface area (Å²) in [5.41, 5.74) is 5.89. The summed E-state index contributed by atoms with van der Waals surface area (Å²) in [7, 11) is 0. The Morgan fingerprint density at radius 3 is 2.56 bits per heavy atom. The molecule has 1 aliphatic rings. The van der Waals surface area contributed by atoms with E-state index in [0.29, 0.717) is 0 Å². The number of hydrogen-bond donors (Lipinski definition) is 2. The minimum absolute atomic E-state index is 0.309. The number of nitrogens with one attached hydrogen (secondary N) is 2. The zero-order valence-electron chi connectivity index (χ0n) is 15.1. The third-order valence-electron chi connectivity index (χ3n) is 5.72. The lowest BCUT2D eigenvalue weighted by molar-refractivity contribution is -0.109. The Hall–Kier alpha value is -3.33. The summed E-state index contributed by atoms with van der Waals surface area (Å²) in [4.78, 5) is 15.8. The lowest BCUT2D eigenvalue weighted by Gasteiger charge is -2.34. The fourth-order valence-electron chi connectivity index (χ4n) is 4.49. The van der Waals surface area contributed by atoms with Crippen molar-refractivity contribution in [3.05, 3.63) is 101 Å². The summed E-state index contributed by atoms with van der Waals surface area (Å²) in [5, 5.41) is 4.86. The molecule has 0 aliphatic carbocycles. The molecular formula is C24H20N2O. The van der Waals surface area contributed by atoms with Gasteiger partial charge in [-0.3, -0.25) is 0 Å². The number of H-pyrrole nitrogens is 1. The van der Waals surface area contributed by atoms with Crippen LogP contribution in [0.25, 0.3) is 10.9 Å². The van der Waals surface area contributed by atoms with Gasteiger partial charge in [0.05, 0.1) is 5.92 Å². The van der Waals surface area contributed by atoms with E-state index >= 15 is 0 Å². The largest absolute Gasteiger partial charge is 0.370 e. The van der Waals surface area contributed by atoms with Crippen molar-refractivity contribution in [1.82, 2.24) is 4.98 Å². The van der Waals surface area contributed by atoms with Gasteiger partial charge in [0.15, 0.2) is 0 Å². The molecule has 0 bridgehead atoms. The van der Waals surface area contributed by atoms with Crippen LogP contribution in [0.5, 0.6) is 0 Å². The van der Waals surface area contributed by atoms with Crippen molar-refractivity contribution in [2.45, 2.75) is 18.4 Å². The van der Waals surface area contributed by atoms with Gasteiger partial charge in [-0.15, -0.1) is 0 Å². The van der Waals surface area contributed by atoms with E-state index in [1.165, 1.54) is 5.56 Å². The van der Waals surface area contributed by atoms with E-state index in [2.05, 4.69) is 53.6 Å². The van der Waals surface area contributed by atoms with Crippen molar-refractivity contribution in [2.24, 2.45) is 0 Å². The number of fused-ring (bicyclic) bond motifs is 2. The van der Waals surface area contributed by atoms with Crippen LogP contribution in [0.3, 0.4) is 0 Å². The van der Waals surface area contributed by atoms with Gasteiger partial charge >= 0.3 is 0 Å². The summed E-state index contributed by atoms with van der Waals surface area (Å²) in [6.07, 6.45) is 3.13. The smallest absolute Gasteiger partial charge is 0.130 e. The van der Waals surface area contributed by atoms with Gasteiger partial charge in [0.2, 0.25) is 0 Å². The fourth-order valence-corrected chi connectivity index (χ4v) is 4.49. The molecule has 4 aromatic rings. The van der Waals surface area contributed by atoms with Crippen LogP contribution in [-0.2, 0) is 10.3 Å². The van der Waals surface area contributed by atoms with Crippen molar-refractivity contribution in [2.75, 3.05) is 5.32 Å². The van der Waals surface area contributed by atoms with Gasteiger partial charge in [0, 0.05) is 28.4 Å². The Bertz CT molecular complexity index is 1150. The number of benzene rings is 3. The zero-order chi connectivity index (χ0) is 18.4. The van der Waals surface area contributed by atoms with Crippen molar-refractivity contribution in [1.29, 1.82) is 0 Å². The minimum atomic E-state index is -0.639. The standard InChI is InChI=1S/C24H20N2O/c1-16-11-12-19-20(14-25-23(19)13-16)24(17-7-3-2-4-8-17)21(15-27)18-9-5-6-10-22(18)26-24/h2-15,21,25-26H,1H3. The Labute approximate surface area is 158 Å². The summed E-state index contributed by atoms with van der Waals surface area (Å²) >= 11 is 0. The first-order valence-corrected chi connectivity index (χ1v) is 9.20. The highest BCUT2D eigenvalue weighted by Gasteiger charge is 2.49. The number of aromatic amines is 1. The SMILES string of the molecule is Cc1ccc2c(C3(c4ccccc4)Nc4ccccc4C3C=O)c[nH]c2c1. The summed E-state index contributed by atoms with van der Waals surface area (Å²) < 4.78 is 0. The highest BCUT2D eigenvalue weighted by molar-refractivity contribution is 5.90. The number of carbonyl (C=O) groups excluding carboxylic acids is 1. The normalized spacial score (nSPS) is 21.0. The molecule has 3 aromatic carbocycles. The van der Waals surface area contributed by atoms with Crippen LogP contribution in [0.1, 0.15) is 28.2 Å². The van der Waals surface area contributed by atoms with Crippen LogP contribution in [-0.4, -0.2) is 11.3 Å². The number of carbonyl (C=O) groups is 1. The lowest BCUT2D eigenvalue weighted by atomic mass is 9.73. The molecule has 0 saturated heterocycles. The van der Waals surface area contributed by atoms with Crippen molar-refractivity contribution < 1.29 is 4.79 Å². The second-order valence-electron chi connectivity index (χ2n) is 7.25. The first kappa shape index (κ1) is 15.9. The minimum Gasteiger partial charge on any atom is -0.370 e. The topological polar surface area (TPSA) is 44.9 Å². The van der Waals surface area contributed by atoms with Crippen molar-refractivity contribution >= 4 is 22.9 Å². The van der Waals surface area contributed by atoms with Gasteiger partial charge in [-0.1, -0.05) is 60.7 Å².